The van der Waals surface area contributed by atoms with E-state index in [2.05, 4.69) is 15.9 Å². The lowest BCUT2D eigenvalue weighted by Gasteiger charge is -2.36. The molecule has 0 aromatic heterocycles. The molecular weight excluding hydrogens is 352 g/mol. The second-order valence-corrected chi connectivity index (χ2v) is 8.62. The Morgan fingerprint density at radius 3 is 2.62 bits per heavy atom. The van der Waals surface area contributed by atoms with Gasteiger partial charge in [-0.1, -0.05) is 18.9 Å². The van der Waals surface area contributed by atoms with E-state index in [0.717, 1.165) is 31.2 Å². The summed E-state index contributed by atoms with van der Waals surface area (Å²) in [7, 11) is -1.82. The lowest BCUT2D eigenvalue weighted by Crippen LogP contribution is -2.45. The summed E-state index contributed by atoms with van der Waals surface area (Å²) < 4.78 is 27.9. The number of benzene rings is 1. The molecule has 0 heterocycles. The fourth-order valence-electron chi connectivity index (χ4n) is 3.09. The lowest BCUT2D eigenvalue weighted by atomic mass is 9.85. The molecule has 21 heavy (non-hydrogen) atoms. The molecule has 1 aliphatic carbocycles. The fraction of sp³-hybridized carbons (Fsp3) is 0.600. The maximum Gasteiger partial charge on any atom is 0.244 e. The van der Waals surface area contributed by atoms with Crippen LogP contribution < -0.4 is 5.73 Å². The van der Waals surface area contributed by atoms with Crippen molar-refractivity contribution >= 4 is 26.0 Å². The van der Waals surface area contributed by atoms with Crippen molar-refractivity contribution in [1.29, 1.82) is 0 Å². The molecule has 2 unspecified atom stereocenters. The molecule has 1 aromatic carbocycles. The second-order valence-electron chi connectivity index (χ2n) is 5.80. The average molecular weight is 375 g/mol. The molecule has 0 bridgehead atoms. The molecule has 1 aliphatic rings. The van der Waals surface area contributed by atoms with Crippen LogP contribution in [0.4, 0.5) is 0 Å². The Morgan fingerprint density at radius 1 is 1.33 bits per heavy atom. The summed E-state index contributed by atoms with van der Waals surface area (Å²) in [5.41, 5.74) is 6.86. The Morgan fingerprint density at radius 2 is 2.00 bits per heavy atom. The maximum absolute atomic E-state index is 12.9. The van der Waals surface area contributed by atoms with Gasteiger partial charge in [-0.3, -0.25) is 0 Å². The summed E-state index contributed by atoms with van der Waals surface area (Å²) in [6.07, 6.45) is 4.10. The number of halogens is 1. The average Bonchev–Trinajstić information content (AvgIpc) is 2.46. The third-order valence-corrected chi connectivity index (χ3v) is 7.24. The standard InChI is InChI=1S/C15H23BrN2O2S/c1-11-7-8-15(13(16)9-11)21(19,20)18(2)14-6-4-3-5-12(14)10-17/h7-9,12,14H,3-6,10,17H2,1-2H3. The fourth-order valence-corrected chi connectivity index (χ4v) is 5.69. The van der Waals surface area contributed by atoms with Crippen LogP contribution in [0.25, 0.3) is 0 Å². The van der Waals surface area contributed by atoms with E-state index in [0.29, 0.717) is 15.9 Å². The summed E-state index contributed by atoms with van der Waals surface area (Å²) in [5.74, 6) is 0.253. The van der Waals surface area contributed by atoms with Gasteiger partial charge >= 0.3 is 0 Å². The second kappa shape index (κ2) is 6.77. The molecule has 0 saturated heterocycles. The number of aryl methyl sites for hydroxylation is 1. The van der Waals surface area contributed by atoms with E-state index in [1.165, 1.54) is 4.31 Å². The highest BCUT2D eigenvalue weighted by Crippen LogP contribution is 2.32. The van der Waals surface area contributed by atoms with Crippen molar-refractivity contribution in [3.63, 3.8) is 0 Å². The van der Waals surface area contributed by atoms with Gasteiger partial charge in [0.2, 0.25) is 10.0 Å². The third kappa shape index (κ3) is 3.50. The van der Waals surface area contributed by atoms with Crippen LogP contribution in [0.2, 0.25) is 0 Å². The van der Waals surface area contributed by atoms with Gasteiger partial charge in [-0.25, -0.2) is 8.42 Å². The van der Waals surface area contributed by atoms with Gasteiger partial charge < -0.3 is 5.73 Å². The minimum atomic E-state index is -3.50. The minimum Gasteiger partial charge on any atom is -0.330 e. The van der Waals surface area contributed by atoms with Gasteiger partial charge in [0.25, 0.3) is 0 Å². The quantitative estimate of drug-likeness (QED) is 0.880. The highest BCUT2D eigenvalue weighted by atomic mass is 79.9. The highest BCUT2D eigenvalue weighted by Gasteiger charge is 2.35. The van der Waals surface area contributed by atoms with E-state index < -0.39 is 10.0 Å². The number of nitrogens with two attached hydrogens (primary N) is 1. The first-order valence-corrected chi connectivity index (χ1v) is 9.55. The molecule has 6 heteroatoms. The van der Waals surface area contributed by atoms with Crippen LogP contribution in [0.3, 0.4) is 0 Å². The molecule has 1 saturated carbocycles. The number of nitrogens with zero attached hydrogens (tertiary/aromatic N) is 1. The smallest absolute Gasteiger partial charge is 0.244 e. The van der Waals surface area contributed by atoms with Crippen LogP contribution in [-0.4, -0.2) is 32.4 Å². The molecule has 4 nitrogen and oxygen atoms in total. The summed E-state index contributed by atoms with van der Waals surface area (Å²) >= 11 is 3.38. The SMILES string of the molecule is Cc1ccc(S(=O)(=O)N(C)C2CCCCC2CN)c(Br)c1. The first-order valence-electron chi connectivity index (χ1n) is 7.32. The molecule has 0 amide bonds. The van der Waals surface area contributed by atoms with Gasteiger partial charge in [0, 0.05) is 17.6 Å². The van der Waals surface area contributed by atoms with Gasteiger partial charge in [-0.2, -0.15) is 4.31 Å². The zero-order chi connectivity index (χ0) is 15.6. The van der Waals surface area contributed by atoms with Crippen molar-refractivity contribution in [2.24, 2.45) is 11.7 Å². The molecular formula is C15H23BrN2O2S. The summed E-state index contributed by atoms with van der Waals surface area (Å²) in [6, 6.07) is 5.34. The number of rotatable bonds is 4. The van der Waals surface area contributed by atoms with Gasteiger partial charge in [-0.15, -0.1) is 0 Å². The van der Waals surface area contributed by atoms with Crippen LogP contribution in [0.15, 0.2) is 27.6 Å². The predicted octanol–water partition coefficient (Wildman–Crippen LogP) is 2.90. The van der Waals surface area contributed by atoms with E-state index in [-0.39, 0.29) is 12.0 Å². The number of hydrogen-bond donors (Lipinski definition) is 1. The van der Waals surface area contributed by atoms with Gasteiger partial charge in [0.1, 0.15) is 0 Å². The molecule has 1 aromatic rings. The molecule has 2 rings (SSSR count). The molecule has 118 valence electrons. The molecule has 2 N–H and O–H groups in total. The molecule has 1 fully saturated rings. The predicted molar refractivity (Wildman–Crippen MR) is 88.6 cm³/mol. The Bertz CT molecular complexity index is 604. The number of sulfonamides is 1. The van der Waals surface area contributed by atoms with Gasteiger partial charge in [0.15, 0.2) is 0 Å². The van der Waals surface area contributed by atoms with E-state index >= 15 is 0 Å². The van der Waals surface area contributed by atoms with Crippen LogP contribution in [-0.2, 0) is 10.0 Å². The van der Waals surface area contributed by atoms with Crippen molar-refractivity contribution in [2.45, 2.75) is 43.5 Å². The van der Waals surface area contributed by atoms with E-state index in [4.69, 9.17) is 5.73 Å². The van der Waals surface area contributed by atoms with Gasteiger partial charge in [0.05, 0.1) is 4.90 Å². The van der Waals surface area contributed by atoms with Crippen molar-refractivity contribution in [3.8, 4) is 0 Å². The zero-order valence-electron chi connectivity index (χ0n) is 12.5. The first kappa shape index (κ1) is 16.9. The summed E-state index contributed by atoms with van der Waals surface area (Å²) in [4.78, 5) is 0.331. The summed E-state index contributed by atoms with van der Waals surface area (Å²) in [5, 5.41) is 0. The topological polar surface area (TPSA) is 63.4 Å². The third-order valence-electron chi connectivity index (χ3n) is 4.38. The number of hydrogen-bond acceptors (Lipinski definition) is 3. The van der Waals surface area contributed by atoms with Crippen LogP contribution in [0.5, 0.6) is 0 Å². The van der Waals surface area contributed by atoms with Gasteiger partial charge in [-0.05, 0) is 65.9 Å². The van der Waals surface area contributed by atoms with E-state index in [1.807, 2.05) is 19.1 Å². The van der Waals surface area contributed by atoms with Crippen molar-refractivity contribution in [1.82, 2.24) is 4.31 Å². The molecule has 2 atom stereocenters. The first-order chi connectivity index (χ1) is 9.87. The van der Waals surface area contributed by atoms with Crippen LogP contribution >= 0.6 is 15.9 Å². The maximum atomic E-state index is 12.9. The van der Waals surface area contributed by atoms with Crippen LogP contribution in [0.1, 0.15) is 31.2 Å². The molecule has 0 spiro atoms. The van der Waals surface area contributed by atoms with Crippen molar-refractivity contribution in [3.05, 3.63) is 28.2 Å². The zero-order valence-corrected chi connectivity index (χ0v) is 15.0. The Kier molecular flexibility index (Phi) is 5.46. The normalized spacial score (nSPS) is 23.5. The Labute approximate surface area is 135 Å². The Hall–Kier alpha value is -0.430. The largest absolute Gasteiger partial charge is 0.330 e. The van der Waals surface area contributed by atoms with Crippen molar-refractivity contribution in [2.75, 3.05) is 13.6 Å². The van der Waals surface area contributed by atoms with E-state index in [1.54, 1.807) is 13.1 Å². The van der Waals surface area contributed by atoms with Crippen LogP contribution in [0, 0.1) is 12.8 Å². The Balaban J connectivity index is 2.33. The lowest BCUT2D eigenvalue weighted by molar-refractivity contribution is 0.204. The van der Waals surface area contributed by atoms with E-state index in [9.17, 15) is 8.42 Å². The molecule has 0 aliphatic heterocycles. The summed E-state index contributed by atoms with van der Waals surface area (Å²) in [6.45, 7) is 2.48. The van der Waals surface area contributed by atoms with Crippen molar-refractivity contribution < 1.29 is 8.42 Å². The minimum absolute atomic E-state index is 0.00181. The monoisotopic (exact) mass is 374 g/mol. The molecule has 0 radical (unpaired) electrons. The highest BCUT2D eigenvalue weighted by molar-refractivity contribution is 9.10.